The molecule has 1 saturated heterocycles. The molecule has 0 bridgehead atoms. The van der Waals surface area contributed by atoms with Crippen LogP contribution in [0.1, 0.15) is 19.8 Å². The van der Waals surface area contributed by atoms with Crippen LogP contribution in [-0.2, 0) is 19.1 Å². The maximum Gasteiger partial charge on any atom is 0.326 e. The Labute approximate surface area is 166 Å². The Bertz CT molecular complexity index is 751. The van der Waals surface area contributed by atoms with Gasteiger partial charge in [-0.25, -0.2) is 4.79 Å². The fourth-order valence-electron chi connectivity index (χ4n) is 2.45. The van der Waals surface area contributed by atoms with Crippen LogP contribution < -0.4 is 5.32 Å². The Morgan fingerprint density at radius 3 is 2.41 bits per heavy atom. The van der Waals surface area contributed by atoms with Gasteiger partial charge in [0.2, 0.25) is 5.91 Å². The summed E-state index contributed by atoms with van der Waals surface area (Å²) in [7, 11) is 1.53. The number of likely N-dealkylation sites (N-methyl/N-ethyl adjacent to an activating group) is 1. The molecule has 146 valence electrons. The van der Waals surface area contributed by atoms with E-state index in [0.717, 1.165) is 4.90 Å². The monoisotopic (exact) mass is 415 g/mol. The van der Waals surface area contributed by atoms with Crippen LogP contribution in [0.2, 0.25) is 10.0 Å². The van der Waals surface area contributed by atoms with Crippen molar-refractivity contribution in [2.75, 3.05) is 25.5 Å². The van der Waals surface area contributed by atoms with Crippen molar-refractivity contribution in [3.63, 3.8) is 0 Å². The van der Waals surface area contributed by atoms with Crippen molar-refractivity contribution in [3.8, 4) is 0 Å². The number of imide groups is 1. The minimum absolute atomic E-state index is 0.0264. The normalized spacial score (nSPS) is 15.1. The number of hydrogen-bond acceptors (Lipinski definition) is 5. The lowest BCUT2D eigenvalue weighted by molar-refractivity contribution is -0.153. The number of anilines is 1. The molecule has 1 aliphatic heterocycles. The first-order chi connectivity index (χ1) is 12.7. The molecule has 1 atom stereocenters. The summed E-state index contributed by atoms with van der Waals surface area (Å²) in [6, 6.07) is 4.17. The SMILES string of the molecule is C[C@H](OC(=O)CCCN1C(=O)CN(C)C1=O)C(=O)Nc1cc(Cl)cc(Cl)c1. The molecule has 27 heavy (non-hydrogen) atoms. The molecule has 1 aromatic carbocycles. The smallest absolute Gasteiger partial charge is 0.326 e. The van der Waals surface area contributed by atoms with E-state index in [0.29, 0.717) is 15.7 Å². The van der Waals surface area contributed by atoms with Crippen LogP contribution in [0, 0.1) is 0 Å². The molecule has 1 aromatic rings. The fourth-order valence-corrected chi connectivity index (χ4v) is 2.98. The molecule has 4 amide bonds. The molecule has 0 unspecified atom stereocenters. The molecule has 1 aliphatic rings. The number of rotatable bonds is 7. The first-order valence-corrected chi connectivity index (χ1v) is 8.95. The first-order valence-electron chi connectivity index (χ1n) is 8.19. The van der Waals surface area contributed by atoms with Crippen LogP contribution in [0.4, 0.5) is 10.5 Å². The van der Waals surface area contributed by atoms with Crippen molar-refractivity contribution in [1.82, 2.24) is 9.80 Å². The Morgan fingerprint density at radius 2 is 1.85 bits per heavy atom. The number of amides is 4. The minimum Gasteiger partial charge on any atom is -0.453 e. The second-order valence-electron chi connectivity index (χ2n) is 6.07. The van der Waals surface area contributed by atoms with Gasteiger partial charge in [0, 0.05) is 35.7 Å². The first kappa shape index (κ1) is 21.0. The molecule has 0 aliphatic carbocycles. The van der Waals surface area contributed by atoms with Gasteiger partial charge in [0.25, 0.3) is 5.91 Å². The van der Waals surface area contributed by atoms with Crippen molar-refractivity contribution in [2.24, 2.45) is 0 Å². The average Bonchev–Trinajstić information content (AvgIpc) is 2.79. The summed E-state index contributed by atoms with van der Waals surface area (Å²) in [5, 5.41) is 3.28. The van der Waals surface area contributed by atoms with E-state index in [9.17, 15) is 19.2 Å². The van der Waals surface area contributed by atoms with Crippen LogP contribution in [0.5, 0.6) is 0 Å². The van der Waals surface area contributed by atoms with Crippen LogP contribution >= 0.6 is 23.2 Å². The van der Waals surface area contributed by atoms with Gasteiger partial charge in [0.1, 0.15) is 6.54 Å². The maximum atomic E-state index is 12.1. The number of esters is 1. The number of ether oxygens (including phenoxy) is 1. The standard InChI is InChI=1S/C17H19Cl2N3O5/c1-10(16(25)20-13-7-11(18)6-12(19)8-13)27-15(24)4-3-5-22-14(23)9-21(2)17(22)26/h6-8,10H,3-5,9H2,1-2H3,(H,20,25)/t10-/m0/s1. The summed E-state index contributed by atoms with van der Waals surface area (Å²) in [5.74, 6) is -1.44. The topological polar surface area (TPSA) is 96.0 Å². The highest BCUT2D eigenvalue weighted by atomic mass is 35.5. The van der Waals surface area contributed by atoms with Gasteiger partial charge in [-0.1, -0.05) is 23.2 Å². The lowest BCUT2D eigenvalue weighted by atomic mass is 10.2. The second kappa shape index (κ2) is 9.05. The Kier molecular flexibility index (Phi) is 7.04. The molecule has 1 fully saturated rings. The average molecular weight is 416 g/mol. The van der Waals surface area contributed by atoms with E-state index in [2.05, 4.69) is 5.32 Å². The van der Waals surface area contributed by atoms with Crippen molar-refractivity contribution < 1.29 is 23.9 Å². The number of urea groups is 1. The summed E-state index contributed by atoms with van der Waals surface area (Å²) in [6.07, 6.45) is -0.805. The quantitative estimate of drug-likeness (QED) is 0.545. The van der Waals surface area contributed by atoms with Gasteiger partial charge in [0.05, 0.1) is 0 Å². The van der Waals surface area contributed by atoms with Crippen LogP contribution in [-0.4, -0.2) is 59.9 Å². The molecule has 10 heteroatoms. The van der Waals surface area contributed by atoms with E-state index in [1.54, 1.807) is 0 Å². The zero-order valence-electron chi connectivity index (χ0n) is 14.8. The zero-order valence-corrected chi connectivity index (χ0v) is 16.3. The van der Waals surface area contributed by atoms with Crippen LogP contribution in [0.3, 0.4) is 0 Å². The Balaban J connectivity index is 1.77. The lowest BCUT2D eigenvalue weighted by Crippen LogP contribution is -2.33. The molecule has 0 aromatic heterocycles. The number of nitrogens with one attached hydrogen (secondary N) is 1. The second-order valence-corrected chi connectivity index (χ2v) is 6.94. The van der Waals surface area contributed by atoms with E-state index in [1.807, 2.05) is 0 Å². The molecule has 2 rings (SSSR count). The predicted molar refractivity (Wildman–Crippen MR) is 99.6 cm³/mol. The summed E-state index contributed by atoms with van der Waals surface area (Å²) in [6.45, 7) is 1.59. The number of carbonyl (C=O) groups excluding carboxylic acids is 4. The highest BCUT2D eigenvalue weighted by Crippen LogP contribution is 2.22. The van der Waals surface area contributed by atoms with E-state index >= 15 is 0 Å². The number of halogens is 2. The van der Waals surface area contributed by atoms with Crippen LogP contribution in [0.15, 0.2) is 18.2 Å². The zero-order chi connectivity index (χ0) is 20.1. The van der Waals surface area contributed by atoms with Crippen molar-refractivity contribution >= 4 is 52.7 Å². The molecule has 8 nitrogen and oxygen atoms in total. The summed E-state index contributed by atoms with van der Waals surface area (Å²) in [5.41, 5.74) is 0.385. The minimum atomic E-state index is -1.03. The summed E-state index contributed by atoms with van der Waals surface area (Å²) < 4.78 is 5.07. The van der Waals surface area contributed by atoms with E-state index in [1.165, 1.54) is 37.1 Å². The van der Waals surface area contributed by atoms with E-state index in [4.69, 9.17) is 27.9 Å². The fraction of sp³-hybridized carbons (Fsp3) is 0.412. The van der Waals surface area contributed by atoms with E-state index < -0.39 is 18.0 Å². The lowest BCUT2D eigenvalue weighted by Gasteiger charge is -2.15. The van der Waals surface area contributed by atoms with Crippen molar-refractivity contribution in [2.45, 2.75) is 25.9 Å². The largest absolute Gasteiger partial charge is 0.453 e. The van der Waals surface area contributed by atoms with Gasteiger partial charge < -0.3 is 15.0 Å². The number of carbonyl (C=O) groups is 4. The summed E-state index contributed by atoms with van der Waals surface area (Å²) >= 11 is 11.7. The van der Waals surface area contributed by atoms with Gasteiger partial charge in [0.15, 0.2) is 6.10 Å². The van der Waals surface area contributed by atoms with Gasteiger partial charge in [-0.05, 0) is 31.5 Å². The van der Waals surface area contributed by atoms with E-state index in [-0.39, 0.29) is 37.9 Å². The summed E-state index contributed by atoms with van der Waals surface area (Å²) in [4.78, 5) is 49.7. The molecule has 0 radical (unpaired) electrons. The van der Waals surface area contributed by atoms with Gasteiger partial charge >= 0.3 is 12.0 Å². The van der Waals surface area contributed by atoms with Crippen molar-refractivity contribution in [3.05, 3.63) is 28.2 Å². The predicted octanol–water partition coefficient (Wildman–Crippen LogP) is 2.54. The number of benzene rings is 1. The van der Waals surface area contributed by atoms with Crippen molar-refractivity contribution in [1.29, 1.82) is 0 Å². The Morgan fingerprint density at radius 1 is 1.22 bits per heavy atom. The molecular weight excluding hydrogens is 397 g/mol. The molecule has 0 saturated carbocycles. The molecule has 0 spiro atoms. The molecule has 1 N–H and O–H groups in total. The van der Waals surface area contributed by atoms with Gasteiger partial charge in [-0.15, -0.1) is 0 Å². The molecular formula is C17H19Cl2N3O5. The third kappa shape index (κ3) is 5.83. The van der Waals surface area contributed by atoms with Crippen LogP contribution in [0.25, 0.3) is 0 Å². The van der Waals surface area contributed by atoms with Gasteiger partial charge in [-0.3, -0.25) is 19.3 Å². The Hall–Kier alpha value is -2.32. The number of nitrogens with zero attached hydrogens (tertiary/aromatic N) is 2. The third-order valence-corrected chi connectivity index (χ3v) is 4.24. The number of hydrogen-bond donors (Lipinski definition) is 1. The third-order valence-electron chi connectivity index (χ3n) is 3.80. The molecule has 1 heterocycles. The highest BCUT2D eigenvalue weighted by molar-refractivity contribution is 6.35. The highest BCUT2D eigenvalue weighted by Gasteiger charge is 2.33. The maximum absolute atomic E-state index is 12.1. The van der Waals surface area contributed by atoms with Gasteiger partial charge in [-0.2, -0.15) is 0 Å².